The van der Waals surface area contributed by atoms with E-state index >= 15 is 0 Å². The van der Waals surface area contributed by atoms with Crippen molar-refractivity contribution < 1.29 is 0 Å². The average molecular weight is 220 g/mol. The SMILES string of the molecule is CC(C)N(C)CCCC(N)c1ccccc1. The molecule has 2 heteroatoms. The fourth-order valence-corrected chi connectivity index (χ4v) is 1.69. The first-order chi connectivity index (χ1) is 7.61. The van der Waals surface area contributed by atoms with Gasteiger partial charge in [-0.05, 0) is 45.8 Å². The molecule has 0 heterocycles. The van der Waals surface area contributed by atoms with E-state index in [9.17, 15) is 0 Å². The number of nitrogens with two attached hydrogens (primary N) is 1. The highest BCUT2D eigenvalue weighted by Crippen LogP contribution is 2.15. The lowest BCUT2D eigenvalue weighted by atomic mass is 10.0. The van der Waals surface area contributed by atoms with Crippen molar-refractivity contribution in [3.8, 4) is 0 Å². The third-order valence-electron chi connectivity index (χ3n) is 3.14. The molecule has 0 aromatic heterocycles. The van der Waals surface area contributed by atoms with Crippen molar-refractivity contribution in [2.45, 2.75) is 38.8 Å². The lowest BCUT2D eigenvalue weighted by Crippen LogP contribution is -2.27. The van der Waals surface area contributed by atoms with E-state index in [2.05, 4.69) is 50.1 Å². The molecule has 0 aliphatic carbocycles. The van der Waals surface area contributed by atoms with Gasteiger partial charge in [-0.15, -0.1) is 0 Å². The molecular weight excluding hydrogens is 196 g/mol. The number of rotatable bonds is 6. The molecule has 16 heavy (non-hydrogen) atoms. The molecule has 1 aromatic rings. The molecule has 0 saturated carbocycles. The van der Waals surface area contributed by atoms with Crippen LogP contribution in [0.25, 0.3) is 0 Å². The summed E-state index contributed by atoms with van der Waals surface area (Å²) in [6, 6.07) is 11.1. The Morgan fingerprint density at radius 2 is 1.81 bits per heavy atom. The second-order valence-electron chi connectivity index (χ2n) is 4.73. The predicted octanol–water partition coefficient (Wildman–Crippen LogP) is 2.81. The van der Waals surface area contributed by atoms with Crippen molar-refractivity contribution in [2.75, 3.05) is 13.6 Å². The van der Waals surface area contributed by atoms with Gasteiger partial charge in [0.15, 0.2) is 0 Å². The van der Waals surface area contributed by atoms with Crippen molar-refractivity contribution in [2.24, 2.45) is 5.73 Å². The highest BCUT2D eigenvalue weighted by atomic mass is 15.1. The maximum atomic E-state index is 6.14. The van der Waals surface area contributed by atoms with Crippen LogP contribution in [-0.2, 0) is 0 Å². The first kappa shape index (κ1) is 13.2. The van der Waals surface area contributed by atoms with E-state index in [4.69, 9.17) is 5.73 Å². The van der Waals surface area contributed by atoms with Gasteiger partial charge in [-0.2, -0.15) is 0 Å². The number of benzene rings is 1. The first-order valence-corrected chi connectivity index (χ1v) is 6.12. The molecule has 0 radical (unpaired) electrons. The van der Waals surface area contributed by atoms with Gasteiger partial charge in [0.2, 0.25) is 0 Å². The van der Waals surface area contributed by atoms with Crippen molar-refractivity contribution in [1.29, 1.82) is 0 Å². The molecule has 0 saturated heterocycles. The maximum Gasteiger partial charge on any atom is 0.0295 e. The molecule has 0 amide bonds. The molecule has 1 atom stereocenters. The van der Waals surface area contributed by atoms with Crippen LogP contribution in [0.15, 0.2) is 30.3 Å². The van der Waals surface area contributed by atoms with E-state index in [1.807, 2.05) is 6.07 Å². The van der Waals surface area contributed by atoms with Crippen LogP contribution in [0, 0.1) is 0 Å². The number of nitrogens with zero attached hydrogens (tertiary/aromatic N) is 1. The van der Waals surface area contributed by atoms with E-state index in [0.29, 0.717) is 6.04 Å². The Labute approximate surface area is 99.5 Å². The molecule has 1 unspecified atom stereocenters. The maximum absolute atomic E-state index is 6.14. The third kappa shape index (κ3) is 4.33. The van der Waals surface area contributed by atoms with Gasteiger partial charge in [-0.1, -0.05) is 30.3 Å². The quantitative estimate of drug-likeness (QED) is 0.798. The first-order valence-electron chi connectivity index (χ1n) is 6.12. The summed E-state index contributed by atoms with van der Waals surface area (Å²) >= 11 is 0. The zero-order valence-corrected chi connectivity index (χ0v) is 10.7. The van der Waals surface area contributed by atoms with Crippen LogP contribution in [0.4, 0.5) is 0 Å². The van der Waals surface area contributed by atoms with Crippen LogP contribution in [0.2, 0.25) is 0 Å². The van der Waals surface area contributed by atoms with E-state index in [0.717, 1.165) is 19.4 Å². The van der Waals surface area contributed by atoms with E-state index in [-0.39, 0.29) is 6.04 Å². The summed E-state index contributed by atoms with van der Waals surface area (Å²) < 4.78 is 0. The molecular formula is C14H24N2. The largest absolute Gasteiger partial charge is 0.324 e. The smallest absolute Gasteiger partial charge is 0.0295 e. The standard InChI is InChI=1S/C14H24N2/c1-12(2)16(3)11-7-10-14(15)13-8-5-4-6-9-13/h4-6,8-9,12,14H,7,10-11,15H2,1-3H3. The second kappa shape index (κ2) is 6.66. The molecule has 0 spiro atoms. The van der Waals surface area contributed by atoms with Gasteiger partial charge in [0, 0.05) is 12.1 Å². The molecule has 1 aromatic carbocycles. The average Bonchev–Trinajstić information content (AvgIpc) is 2.29. The van der Waals surface area contributed by atoms with Crippen LogP contribution >= 0.6 is 0 Å². The van der Waals surface area contributed by atoms with Gasteiger partial charge in [-0.25, -0.2) is 0 Å². The molecule has 1 rings (SSSR count). The van der Waals surface area contributed by atoms with Gasteiger partial charge < -0.3 is 10.6 Å². The molecule has 0 aliphatic rings. The Morgan fingerprint density at radius 1 is 1.19 bits per heavy atom. The summed E-state index contributed by atoms with van der Waals surface area (Å²) in [5.74, 6) is 0. The number of hydrogen-bond donors (Lipinski definition) is 1. The van der Waals surface area contributed by atoms with Gasteiger partial charge >= 0.3 is 0 Å². The van der Waals surface area contributed by atoms with Gasteiger partial charge in [0.1, 0.15) is 0 Å². The Hall–Kier alpha value is -0.860. The van der Waals surface area contributed by atoms with Crippen molar-refractivity contribution in [3.63, 3.8) is 0 Å². The Balaban J connectivity index is 2.28. The van der Waals surface area contributed by atoms with Crippen molar-refractivity contribution in [3.05, 3.63) is 35.9 Å². The summed E-state index contributed by atoms with van der Waals surface area (Å²) in [5, 5.41) is 0. The van der Waals surface area contributed by atoms with Gasteiger partial charge in [-0.3, -0.25) is 0 Å². The fraction of sp³-hybridized carbons (Fsp3) is 0.571. The van der Waals surface area contributed by atoms with Crippen molar-refractivity contribution in [1.82, 2.24) is 4.90 Å². The predicted molar refractivity (Wildman–Crippen MR) is 70.4 cm³/mol. The Kier molecular flexibility index (Phi) is 5.50. The van der Waals surface area contributed by atoms with Gasteiger partial charge in [0.05, 0.1) is 0 Å². The molecule has 0 bridgehead atoms. The zero-order valence-electron chi connectivity index (χ0n) is 10.7. The third-order valence-corrected chi connectivity index (χ3v) is 3.14. The fourth-order valence-electron chi connectivity index (χ4n) is 1.69. The molecule has 90 valence electrons. The second-order valence-corrected chi connectivity index (χ2v) is 4.73. The van der Waals surface area contributed by atoms with E-state index in [1.54, 1.807) is 0 Å². The summed E-state index contributed by atoms with van der Waals surface area (Å²) in [6.45, 7) is 5.56. The highest BCUT2D eigenvalue weighted by Gasteiger charge is 2.07. The van der Waals surface area contributed by atoms with E-state index in [1.165, 1.54) is 5.56 Å². The normalized spacial score (nSPS) is 13.4. The zero-order chi connectivity index (χ0) is 12.0. The van der Waals surface area contributed by atoms with E-state index < -0.39 is 0 Å². The molecule has 0 aliphatic heterocycles. The van der Waals surface area contributed by atoms with Crippen LogP contribution in [0.1, 0.15) is 38.3 Å². The Bertz CT molecular complexity index is 282. The molecule has 2 N–H and O–H groups in total. The monoisotopic (exact) mass is 220 g/mol. The Morgan fingerprint density at radius 3 is 2.38 bits per heavy atom. The number of hydrogen-bond acceptors (Lipinski definition) is 2. The highest BCUT2D eigenvalue weighted by molar-refractivity contribution is 5.18. The minimum atomic E-state index is 0.182. The lowest BCUT2D eigenvalue weighted by molar-refractivity contribution is 0.265. The van der Waals surface area contributed by atoms with Crippen molar-refractivity contribution >= 4 is 0 Å². The lowest BCUT2D eigenvalue weighted by Gasteiger charge is -2.21. The van der Waals surface area contributed by atoms with Crippen LogP contribution in [-0.4, -0.2) is 24.5 Å². The van der Waals surface area contributed by atoms with Crippen LogP contribution in [0.5, 0.6) is 0 Å². The summed E-state index contributed by atoms with van der Waals surface area (Å²) in [4.78, 5) is 2.36. The van der Waals surface area contributed by atoms with Gasteiger partial charge in [0.25, 0.3) is 0 Å². The summed E-state index contributed by atoms with van der Waals surface area (Å²) in [6.07, 6.45) is 2.21. The topological polar surface area (TPSA) is 29.3 Å². The van der Waals surface area contributed by atoms with Crippen LogP contribution < -0.4 is 5.73 Å². The summed E-state index contributed by atoms with van der Waals surface area (Å²) in [7, 11) is 2.17. The minimum Gasteiger partial charge on any atom is -0.324 e. The molecule has 0 fully saturated rings. The molecule has 2 nitrogen and oxygen atoms in total. The minimum absolute atomic E-state index is 0.182. The van der Waals surface area contributed by atoms with Crippen LogP contribution in [0.3, 0.4) is 0 Å². The summed E-state index contributed by atoms with van der Waals surface area (Å²) in [5.41, 5.74) is 7.38.